The highest BCUT2D eigenvalue weighted by Gasteiger charge is 2.01. The van der Waals surface area contributed by atoms with Crippen LogP contribution in [0.3, 0.4) is 0 Å². The molecule has 1 amide bonds. The molecule has 106 valence electrons. The molecule has 0 bridgehead atoms. The topological polar surface area (TPSA) is 29.1 Å². The van der Waals surface area contributed by atoms with Crippen LogP contribution < -0.4 is 5.32 Å². The first-order valence-electron chi connectivity index (χ1n) is 8.16. The smallest absolute Gasteiger partial charge is 0.219 e. The number of hydrogen-bond acceptors (Lipinski definition) is 1. The van der Waals surface area contributed by atoms with Gasteiger partial charge in [-0.15, -0.1) is 0 Å². The second-order valence-electron chi connectivity index (χ2n) is 5.70. The van der Waals surface area contributed by atoms with E-state index in [0.29, 0.717) is 0 Å². The molecule has 0 atom stereocenters. The van der Waals surface area contributed by atoms with Crippen molar-refractivity contribution in [1.29, 1.82) is 0 Å². The second-order valence-corrected chi connectivity index (χ2v) is 5.70. The fourth-order valence-electron chi connectivity index (χ4n) is 2.67. The fraction of sp³-hybridized carbons (Fsp3) is 0.938. The van der Waals surface area contributed by atoms with Crippen LogP contribution in [0.15, 0.2) is 0 Å². The Kier molecular flexibility index (Phi) is 9.97. The number of hydrogen-bond donors (Lipinski definition) is 1. The monoisotopic (exact) mass is 253 g/mol. The van der Waals surface area contributed by atoms with Crippen LogP contribution in [-0.2, 0) is 4.79 Å². The van der Waals surface area contributed by atoms with Crippen molar-refractivity contribution in [2.75, 3.05) is 6.54 Å². The van der Waals surface area contributed by atoms with Gasteiger partial charge in [-0.1, -0.05) is 70.6 Å². The number of carbonyl (C=O) groups excluding carboxylic acids is 1. The quantitative estimate of drug-likeness (QED) is 0.673. The molecule has 1 aliphatic heterocycles. The molecule has 0 aromatic carbocycles. The van der Waals surface area contributed by atoms with Crippen molar-refractivity contribution in [1.82, 2.24) is 5.32 Å². The van der Waals surface area contributed by atoms with E-state index in [2.05, 4.69) is 5.32 Å². The molecule has 2 heteroatoms. The summed E-state index contributed by atoms with van der Waals surface area (Å²) in [5, 5.41) is 3.04. The molecule has 0 aromatic heterocycles. The SMILES string of the molecule is O=C1CCCCCCCCCCCCCCCN1. The van der Waals surface area contributed by atoms with Crippen LogP contribution in [0.25, 0.3) is 0 Å². The molecule has 0 spiro atoms. The maximum absolute atomic E-state index is 11.5. The number of amides is 1. The molecule has 1 saturated heterocycles. The molecule has 2 nitrogen and oxygen atoms in total. The van der Waals surface area contributed by atoms with Gasteiger partial charge >= 0.3 is 0 Å². The van der Waals surface area contributed by atoms with Gasteiger partial charge in [-0.25, -0.2) is 0 Å². The Morgan fingerprint density at radius 3 is 1.44 bits per heavy atom. The Morgan fingerprint density at radius 1 is 0.556 bits per heavy atom. The average molecular weight is 253 g/mol. The molecule has 0 aromatic rings. The van der Waals surface area contributed by atoms with Gasteiger partial charge in [0.05, 0.1) is 0 Å². The third-order valence-corrected chi connectivity index (χ3v) is 3.90. The number of carbonyl (C=O) groups is 1. The van der Waals surface area contributed by atoms with Crippen LogP contribution in [-0.4, -0.2) is 12.5 Å². The lowest BCUT2D eigenvalue weighted by atomic mass is 10.0. The normalized spacial score (nSPS) is 23.0. The van der Waals surface area contributed by atoms with Crippen molar-refractivity contribution in [3.8, 4) is 0 Å². The third-order valence-electron chi connectivity index (χ3n) is 3.90. The molecule has 0 radical (unpaired) electrons. The molecular formula is C16H31NO. The van der Waals surface area contributed by atoms with E-state index in [-0.39, 0.29) is 5.91 Å². The van der Waals surface area contributed by atoms with Gasteiger partial charge in [0.2, 0.25) is 5.91 Å². The first-order chi connectivity index (χ1) is 8.89. The lowest BCUT2D eigenvalue weighted by molar-refractivity contribution is -0.121. The summed E-state index contributed by atoms with van der Waals surface area (Å²) in [5.41, 5.74) is 0. The number of rotatable bonds is 0. The van der Waals surface area contributed by atoms with Gasteiger partial charge in [0, 0.05) is 13.0 Å². The van der Waals surface area contributed by atoms with E-state index in [1.807, 2.05) is 0 Å². The Labute approximate surface area is 113 Å². The largest absolute Gasteiger partial charge is 0.356 e. The fourth-order valence-corrected chi connectivity index (χ4v) is 2.67. The number of nitrogens with one attached hydrogen (secondary N) is 1. The summed E-state index contributed by atoms with van der Waals surface area (Å²) in [5.74, 6) is 0.263. The Balaban J connectivity index is 2.11. The zero-order valence-electron chi connectivity index (χ0n) is 12.0. The molecule has 18 heavy (non-hydrogen) atoms. The standard InChI is InChI=1S/C16H31NO/c18-16-14-12-10-8-6-4-2-1-3-5-7-9-11-13-15-17-16/h1-15H2,(H,17,18). The highest BCUT2D eigenvalue weighted by atomic mass is 16.1. The summed E-state index contributed by atoms with van der Waals surface area (Å²) < 4.78 is 0. The van der Waals surface area contributed by atoms with E-state index in [1.54, 1.807) is 0 Å². The molecule has 1 aliphatic rings. The summed E-state index contributed by atoms with van der Waals surface area (Å²) in [6.07, 6.45) is 18.0. The Bertz CT molecular complexity index is 183. The lowest BCUT2D eigenvalue weighted by Gasteiger charge is -2.05. The second kappa shape index (κ2) is 11.6. The summed E-state index contributed by atoms with van der Waals surface area (Å²) in [6, 6.07) is 0. The minimum atomic E-state index is 0.263. The summed E-state index contributed by atoms with van der Waals surface area (Å²) in [4.78, 5) is 11.5. The molecule has 1 fully saturated rings. The Hall–Kier alpha value is -0.530. The van der Waals surface area contributed by atoms with Crippen molar-refractivity contribution < 1.29 is 4.79 Å². The van der Waals surface area contributed by atoms with E-state index in [4.69, 9.17) is 0 Å². The average Bonchev–Trinajstić information content (AvgIpc) is 2.37. The molecule has 0 saturated carbocycles. The molecule has 1 heterocycles. The first-order valence-corrected chi connectivity index (χ1v) is 8.16. The molecule has 0 aliphatic carbocycles. The van der Waals surface area contributed by atoms with Crippen LogP contribution in [0.4, 0.5) is 0 Å². The van der Waals surface area contributed by atoms with Crippen molar-refractivity contribution in [3.05, 3.63) is 0 Å². The van der Waals surface area contributed by atoms with Crippen LogP contribution in [0.2, 0.25) is 0 Å². The van der Waals surface area contributed by atoms with E-state index in [9.17, 15) is 4.79 Å². The van der Waals surface area contributed by atoms with Gasteiger partial charge in [0.25, 0.3) is 0 Å². The van der Waals surface area contributed by atoms with Crippen LogP contribution >= 0.6 is 0 Å². The summed E-state index contributed by atoms with van der Waals surface area (Å²) in [7, 11) is 0. The third kappa shape index (κ3) is 9.49. The maximum atomic E-state index is 11.5. The Morgan fingerprint density at radius 2 is 0.944 bits per heavy atom. The molecular weight excluding hydrogens is 222 g/mol. The van der Waals surface area contributed by atoms with E-state index in [1.165, 1.54) is 70.6 Å². The summed E-state index contributed by atoms with van der Waals surface area (Å²) >= 11 is 0. The molecule has 0 unspecified atom stereocenters. The van der Waals surface area contributed by atoms with Crippen LogP contribution in [0, 0.1) is 0 Å². The van der Waals surface area contributed by atoms with Crippen LogP contribution in [0.1, 0.15) is 89.9 Å². The first kappa shape index (κ1) is 15.5. The van der Waals surface area contributed by atoms with Crippen molar-refractivity contribution in [2.24, 2.45) is 0 Å². The van der Waals surface area contributed by atoms with E-state index < -0.39 is 0 Å². The van der Waals surface area contributed by atoms with Crippen molar-refractivity contribution >= 4 is 5.91 Å². The van der Waals surface area contributed by atoms with Crippen LogP contribution in [0.5, 0.6) is 0 Å². The van der Waals surface area contributed by atoms with Gasteiger partial charge in [-0.2, -0.15) is 0 Å². The van der Waals surface area contributed by atoms with Gasteiger partial charge in [-0.3, -0.25) is 4.79 Å². The minimum absolute atomic E-state index is 0.263. The zero-order chi connectivity index (χ0) is 12.9. The summed E-state index contributed by atoms with van der Waals surface area (Å²) in [6.45, 7) is 0.888. The highest BCUT2D eigenvalue weighted by Crippen LogP contribution is 2.13. The van der Waals surface area contributed by atoms with Crippen molar-refractivity contribution in [2.45, 2.75) is 89.9 Å². The zero-order valence-corrected chi connectivity index (χ0v) is 12.0. The molecule has 1 rings (SSSR count). The lowest BCUT2D eigenvalue weighted by Crippen LogP contribution is -2.23. The predicted molar refractivity (Wildman–Crippen MR) is 77.6 cm³/mol. The van der Waals surface area contributed by atoms with E-state index >= 15 is 0 Å². The maximum Gasteiger partial charge on any atom is 0.219 e. The van der Waals surface area contributed by atoms with E-state index in [0.717, 1.165) is 25.8 Å². The van der Waals surface area contributed by atoms with Crippen molar-refractivity contribution in [3.63, 3.8) is 0 Å². The highest BCUT2D eigenvalue weighted by molar-refractivity contribution is 5.75. The molecule has 1 N–H and O–H groups in total. The minimum Gasteiger partial charge on any atom is -0.356 e. The van der Waals surface area contributed by atoms with Gasteiger partial charge in [0.1, 0.15) is 0 Å². The van der Waals surface area contributed by atoms with Gasteiger partial charge < -0.3 is 5.32 Å². The predicted octanol–water partition coefficient (Wildman–Crippen LogP) is 4.58. The van der Waals surface area contributed by atoms with Gasteiger partial charge in [-0.05, 0) is 12.8 Å². The van der Waals surface area contributed by atoms with Gasteiger partial charge in [0.15, 0.2) is 0 Å².